The van der Waals surface area contributed by atoms with Crippen LogP contribution in [0.25, 0.3) is 10.3 Å². The molecule has 0 radical (unpaired) electrons. The summed E-state index contributed by atoms with van der Waals surface area (Å²) in [6.45, 7) is 0. The van der Waals surface area contributed by atoms with Gasteiger partial charge in [-0.3, -0.25) is 0 Å². The lowest BCUT2D eigenvalue weighted by atomic mass is 10.4. The Kier molecular flexibility index (Phi) is 3.63. The van der Waals surface area contributed by atoms with Crippen molar-refractivity contribution in [2.24, 2.45) is 0 Å². The molecule has 0 aliphatic carbocycles. The fraction of sp³-hybridized carbons (Fsp3) is 0.0909. The van der Waals surface area contributed by atoms with E-state index in [4.69, 9.17) is 4.74 Å². The summed E-state index contributed by atoms with van der Waals surface area (Å²) in [7, 11) is 0. The molecule has 0 N–H and O–H groups in total. The van der Waals surface area contributed by atoms with Crippen molar-refractivity contribution in [1.29, 1.82) is 0 Å². The van der Waals surface area contributed by atoms with E-state index in [2.05, 4.69) is 35.9 Å². The van der Waals surface area contributed by atoms with Crippen molar-refractivity contribution >= 4 is 49.4 Å². The summed E-state index contributed by atoms with van der Waals surface area (Å²) in [5.41, 5.74) is 0.657. The number of thiazole rings is 1. The summed E-state index contributed by atoms with van der Waals surface area (Å²) in [5, 5.41) is 0. The number of halogens is 1. The molecule has 0 atom stereocenters. The number of aromatic nitrogens is 4. The molecule has 0 amide bonds. The van der Waals surface area contributed by atoms with Gasteiger partial charge in [0.15, 0.2) is 9.99 Å². The topological polar surface area (TPSA) is 60.8 Å². The summed E-state index contributed by atoms with van der Waals surface area (Å²) < 4.78 is 8.27. The molecule has 0 unspecified atom stereocenters. The van der Waals surface area contributed by atoms with Crippen LogP contribution < -0.4 is 4.74 Å². The summed E-state index contributed by atoms with van der Waals surface area (Å²) in [6.07, 6.45) is 5.06. The van der Waals surface area contributed by atoms with Crippen molar-refractivity contribution in [1.82, 2.24) is 19.9 Å². The Bertz CT molecular complexity index is 716. The second-order valence-corrected chi connectivity index (χ2v) is 6.30. The minimum Gasteiger partial charge on any atom is -0.436 e. The molecular weight excluding hydrogens is 348 g/mol. The van der Waals surface area contributed by atoms with E-state index in [1.54, 1.807) is 18.0 Å². The van der Waals surface area contributed by atoms with Crippen molar-refractivity contribution in [3.63, 3.8) is 0 Å². The fourth-order valence-electron chi connectivity index (χ4n) is 1.41. The van der Waals surface area contributed by atoms with E-state index >= 15 is 0 Å². The molecule has 96 valence electrons. The van der Waals surface area contributed by atoms with Crippen molar-refractivity contribution < 1.29 is 4.74 Å². The zero-order valence-electron chi connectivity index (χ0n) is 9.70. The van der Waals surface area contributed by atoms with E-state index < -0.39 is 0 Å². The van der Waals surface area contributed by atoms with E-state index in [-0.39, 0.29) is 0 Å². The van der Waals surface area contributed by atoms with Gasteiger partial charge in [0.1, 0.15) is 21.4 Å². The van der Waals surface area contributed by atoms with Crippen LogP contribution in [0.5, 0.6) is 11.6 Å². The van der Waals surface area contributed by atoms with Crippen molar-refractivity contribution in [2.45, 2.75) is 4.34 Å². The highest BCUT2D eigenvalue weighted by Gasteiger charge is 2.12. The second kappa shape index (κ2) is 5.40. The van der Waals surface area contributed by atoms with Crippen LogP contribution >= 0.6 is 39.0 Å². The first kappa shape index (κ1) is 12.8. The van der Waals surface area contributed by atoms with Gasteiger partial charge in [0, 0.05) is 0 Å². The van der Waals surface area contributed by atoms with Crippen LogP contribution in [0.2, 0.25) is 0 Å². The molecule has 19 heavy (non-hydrogen) atoms. The van der Waals surface area contributed by atoms with Gasteiger partial charge in [0.05, 0.1) is 6.20 Å². The summed E-state index contributed by atoms with van der Waals surface area (Å²) >= 11 is 6.38. The Balaban J connectivity index is 2.00. The number of ether oxygens (including phenoxy) is 1. The summed E-state index contributed by atoms with van der Waals surface area (Å²) in [4.78, 5) is 16.8. The fourth-order valence-corrected chi connectivity index (χ4v) is 3.08. The lowest BCUT2D eigenvalue weighted by Crippen LogP contribution is -1.90. The van der Waals surface area contributed by atoms with E-state index in [0.717, 1.165) is 13.6 Å². The molecular formula is C11H7BrN4OS2. The van der Waals surface area contributed by atoms with Crippen LogP contribution in [-0.2, 0) is 0 Å². The quantitative estimate of drug-likeness (QED) is 0.527. The highest BCUT2D eigenvalue weighted by molar-refractivity contribution is 9.10. The SMILES string of the molecule is CSc1nc2ncnc(Oc3ccc(Br)nc3)c2s1. The van der Waals surface area contributed by atoms with Gasteiger partial charge >= 0.3 is 0 Å². The molecule has 0 saturated carbocycles. The average molecular weight is 355 g/mol. The smallest absolute Gasteiger partial charge is 0.242 e. The number of rotatable bonds is 3. The highest BCUT2D eigenvalue weighted by atomic mass is 79.9. The third-order valence-electron chi connectivity index (χ3n) is 2.23. The molecule has 0 spiro atoms. The standard InChI is InChI=1S/C11H7BrN4OS2/c1-18-11-16-9-8(19-11)10(15-5-14-9)17-6-2-3-7(12)13-4-6/h2-5H,1H3. The lowest BCUT2D eigenvalue weighted by molar-refractivity contribution is 0.466. The van der Waals surface area contributed by atoms with Gasteiger partial charge in [-0.25, -0.2) is 19.9 Å². The molecule has 0 saturated heterocycles. The maximum absolute atomic E-state index is 5.73. The van der Waals surface area contributed by atoms with Gasteiger partial charge in [0.2, 0.25) is 5.88 Å². The van der Waals surface area contributed by atoms with Crippen LogP contribution in [0.4, 0.5) is 0 Å². The molecule has 0 aliphatic rings. The van der Waals surface area contributed by atoms with E-state index in [0.29, 0.717) is 17.3 Å². The van der Waals surface area contributed by atoms with Crippen LogP contribution in [0.3, 0.4) is 0 Å². The molecule has 0 fully saturated rings. The molecule has 3 aromatic rings. The van der Waals surface area contributed by atoms with Gasteiger partial charge in [-0.15, -0.1) is 11.3 Å². The molecule has 0 bridgehead atoms. The summed E-state index contributed by atoms with van der Waals surface area (Å²) in [6, 6.07) is 3.63. The molecule has 8 heteroatoms. The minimum absolute atomic E-state index is 0.506. The van der Waals surface area contributed by atoms with Crippen molar-refractivity contribution in [3.8, 4) is 11.6 Å². The zero-order valence-corrected chi connectivity index (χ0v) is 12.9. The first-order chi connectivity index (χ1) is 9.26. The van der Waals surface area contributed by atoms with Gasteiger partial charge in [-0.05, 0) is 34.3 Å². The monoisotopic (exact) mass is 354 g/mol. The highest BCUT2D eigenvalue weighted by Crippen LogP contribution is 2.34. The van der Waals surface area contributed by atoms with E-state index in [9.17, 15) is 0 Å². The Morgan fingerprint density at radius 1 is 1.26 bits per heavy atom. The average Bonchev–Trinajstić information content (AvgIpc) is 2.85. The maximum Gasteiger partial charge on any atom is 0.242 e. The molecule has 0 aromatic carbocycles. The van der Waals surface area contributed by atoms with Gasteiger partial charge < -0.3 is 4.74 Å². The Morgan fingerprint density at radius 3 is 2.89 bits per heavy atom. The van der Waals surface area contributed by atoms with Gasteiger partial charge in [-0.1, -0.05) is 11.8 Å². The molecule has 5 nitrogen and oxygen atoms in total. The normalized spacial score (nSPS) is 10.8. The van der Waals surface area contributed by atoms with E-state index in [1.165, 1.54) is 17.7 Å². The minimum atomic E-state index is 0.506. The number of hydrogen-bond donors (Lipinski definition) is 0. The van der Waals surface area contributed by atoms with E-state index in [1.807, 2.05) is 18.4 Å². The lowest BCUT2D eigenvalue weighted by Gasteiger charge is -2.03. The first-order valence-electron chi connectivity index (χ1n) is 5.21. The Labute approximate surface area is 125 Å². The van der Waals surface area contributed by atoms with Crippen LogP contribution in [-0.4, -0.2) is 26.2 Å². The largest absolute Gasteiger partial charge is 0.436 e. The van der Waals surface area contributed by atoms with Crippen molar-refractivity contribution in [3.05, 3.63) is 29.3 Å². The zero-order chi connectivity index (χ0) is 13.2. The molecule has 3 rings (SSSR count). The van der Waals surface area contributed by atoms with Gasteiger partial charge in [-0.2, -0.15) is 0 Å². The second-order valence-electron chi connectivity index (χ2n) is 3.43. The third kappa shape index (κ3) is 2.70. The third-order valence-corrected chi connectivity index (χ3v) is 4.72. The van der Waals surface area contributed by atoms with Crippen molar-refractivity contribution in [2.75, 3.05) is 6.26 Å². The molecule has 3 aromatic heterocycles. The van der Waals surface area contributed by atoms with Crippen LogP contribution in [0, 0.1) is 0 Å². The van der Waals surface area contributed by atoms with Crippen LogP contribution in [0.1, 0.15) is 0 Å². The Morgan fingerprint density at radius 2 is 2.16 bits per heavy atom. The number of hydrogen-bond acceptors (Lipinski definition) is 7. The van der Waals surface area contributed by atoms with Gasteiger partial charge in [0.25, 0.3) is 0 Å². The maximum atomic E-state index is 5.73. The predicted molar refractivity (Wildman–Crippen MR) is 79.0 cm³/mol. The first-order valence-corrected chi connectivity index (χ1v) is 8.04. The number of pyridine rings is 1. The predicted octanol–water partition coefficient (Wildman–Crippen LogP) is 3.76. The number of thioether (sulfide) groups is 1. The molecule has 3 heterocycles. The van der Waals surface area contributed by atoms with Crippen LogP contribution in [0.15, 0.2) is 33.6 Å². The summed E-state index contributed by atoms with van der Waals surface area (Å²) in [5.74, 6) is 1.13. The Hall–Kier alpha value is -1.25. The number of fused-ring (bicyclic) bond motifs is 1. The molecule has 0 aliphatic heterocycles. The number of nitrogens with zero attached hydrogens (tertiary/aromatic N) is 4.